The van der Waals surface area contributed by atoms with Gasteiger partial charge in [-0.2, -0.15) is 0 Å². The molecular weight excluding hydrogens is 421 g/mol. The van der Waals surface area contributed by atoms with Gasteiger partial charge in [-0.3, -0.25) is 9.89 Å². The fraction of sp³-hybridized carbons (Fsp3) is 0.875. The minimum Gasteiger partial charge on any atom is -0.450 e. The molecule has 2 heterocycles. The molecule has 2 rings (SSSR count). The van der Waals surface area contributed by atoms with Gasteiger partial charge in [-0.15, -0.1) is 24.0 Å². The molecule has 2 aliphatic heterocycles. The van der Waals surface area contributed by atoms with Crippen molar-refractivity contribution in [2.45, 2.75) is 51.6 Å². The largest absolute Gasteiger partial charge is 0.450 e. The molecule has 0 bridgehead atoms. The van der Waals surface area contributed by atoms with E-state index in [1.54, 1.807) is 4.90 Å². The van der Waals surface area contributed by atoms with Crippen LogP contribution in [0.15, 0.2) is 4.99 Å². The summed E-state index contributed by atoms with van der Waals surface area (Å²) in [6.45, 7) is 8.89. The van der Waals surface area contributed by atoms with Crippen LogP contribution in [0.3, 0.4) is 0 Å². The third kappa shape index (κ3) is 6.27. The van der Waals surface area contributed by atoms with E-state index in [2.05, 4.69) is 22.1 Å². The SMILES string of the molecule is CCOC(=O)N1CCC(NC(N)=NCC2CCCN2CC)CC1.I. The van der Waals surface area contributed by atoms with E-state index in [4.69, 9.17) is 10.5 Å². The zero-order valence-corrected chi connectivity index (χ0v) is 17.2. The van der Waals surface area contributed by atoms with Gasteiger partial charge in [0.2, 0.25) is 0 Å². The van der Waals surface area contributed by atoms with Gasteiger partial charge in [0.05, 0.1) is 13.2 Å². The number of aliphatic imine (C=N–C) groups is 1. The van der Waals surface area contributed by atoms with Crippen LogP contribution < -0.4 is 11.1 Å². The summed E-state index contributed by atoms with van der Waals surface area (Å²) >= 11 is 0. The van der Waals surface area contributed by atoms with Crippen molar-refractivity contribution in [1.82, 2.24) is 15.1 Å². The van der Waals surface area contributed by atoms with E-state index in [1.165, 1.54) is 19.4 Å². The maximum absolute atomic E-state index is 11.7. The zero-order valence-electron chi connectivity index (χ0n) is 14.9. The van der Waals surface area contributed by atoms with E-state index in [0.717, 1.165) is 25.9 Å². The number of nitrogens with one attached hydrogen (secondary N) is 1. The first-order chi connectivity index (χ1) is 11.1. The van der Waals surface area contributed by atoms with Gasteiger partial charge in [-0.25, -0.2) is 4.79 Å². The van der Waals surface area contributed by atoms with Gasteiger partial charge in [0.15, 0.2) is 5.96 Å². The first-order valence-corrected chi connectivity index (χ1v) is 8.86. The number of rotatable bonds is 5. The standard InChI is InChI=1S/C16H31N5O2.HI/c1-3-20-9-5-6-14(20)12-18-15(17)19-13-7-10-21(11-8-13)16(22)23-4-2;/h13-14H,3-12H2,1-2H3,(H3,17,18,19);1H. The number of nitrogens with zero attached hydrogens (tertiary/aromatic N) is 3. The molecule has 0 spiro atoms. The summed E-state index contributed by atoms with van der Waals surface area (Å²) in [6, 6.07) is 0.821. The molecule has 1 atom stereocenters. The number of carbonyl (C=O) groups is 1. The zero-order chi connectivity index (χ0) is 16.7. The van der Waals surface area contributed by atoms with Crippen molar-refractivity contribution in [1.29, 1.82) is 0 Å². The van der Waals surface area contributed by atoms with E-state index in [0.29, 0.717) is 31.7 Å². The fourth-order valence-electron chi connectivity index (χ4n) is 3.40. The molecule has 24 heavy (non-hydrogen) atoms. The van der Waals surface area contributed by atoms with E-state index in [9.17, 15) is 4.79 Å². The molecule has 8 heteroatoms. The molecule has 0 aromatic carbocycles. The minimum absolute atomic E-state index is 0. The number of carbonyl (C=O) groups excluding carboxylic acids is 1. The summed E-state index contributed by atoms with van der Waals surface area (Å²) in [7, 11) is 0. The number of nitrogens with two attached hydrogens (primary N) is 1. The van der Waals surface area contributed by atoms with Crippen molar-refractivity contribution in [2.75, 3.05) is 39.3 Å². The van der Waals surface area contributed by atoms with E-state index >= 15 is 0 Å². The van der Waals surface area contributed by atoms with Gasteiger partial charge >= 0.3 is 6.09 Å². The molecule has 1 unspecified atom stereocenters. The molecule has 1 amide bonds. The Balaban J connectivity index is 0.00000288. The van der Waals surface area contributed by atoms with Crippen LogP contribution in [0, 0.1) is 0 Å². The van der Waals surface area contributed by atoms with Gasteiger partial charge in [0.25, 0.3) is 0 Å². The van der Waals surface area contributed by atoms with E-state index < -0.39 is 0 Å². The van der Waals surface area contributed by atoms with Crippen molar-refractivity contribution >= 4 is 36.0 Å². The molecule has 2 saturated heterocycles. The van der Waals surface area contributed by atoms with Gasteiger partial charge in [0, 0.05) is 25.2 Å². The highest BCUT2D eigenvalue weighted by Crippen LogP contribution is 2.16. The van der Waals surface area contributed by atoms with Crippen molar-refractivity contribution in [3.05, 3.63) is 0 Å². The molecular formula is C16H32IN5O2. The smallest absolute Gasteiger partial charge is 0.409 e. The molecule has 2 aliphatic rings. The number of piperidine rings is 1. The van der Waals surface area contributed by atoms with Crippen molar-refractivity contribution in [2.24, 2.45) is 10.7 Å². The molecule has 0 aliphatic carbocycles. The highest BCUT2D eigenvalue weighted by Gasteiger charge is 2.24. The van der Waals surface area contributed by atoms with Crippen LogP contribution in [0.1, 0.15) is 39.5 Å². The Bertz CT molecular complexity index is 413. The number of hydrogen-bond acceptors (Lipinski definition) is 4. The number of guanidine groups is 1. The summed E-state index contributed by atoms with van der Waals surface area (Å²) in [5.74, 6) is 0.530. The van der Waals surface area contributed by atoms with Crippen molar-refractivity contribution in [3.63, 3.8) is 0 Å². The Morgan fingerprint density at radius 1 is 1.25 bits per heavy atom. The van der Waals surface area contributed by atoms with Gasteiger partial charge in [-0.05, 0) is 45.7 Å². The van der Waals surface area contributed by atoms with E-state index in [1.807, 2.05) is 6.92 Å². The molecule has 2 fully saturated rings. The van der Waals surface area contributed by atoms with Gasteiger partial charge in [-0.1, -0.05) is 6.92 Å². The molecule has 7 nitrogen and oxygen atoms in total. The molecule has 140 valence electrons. The summed E-state index contributed by atoms with van der Waals surface area (Å²) in [5, 5.41) is 3.30. The number of likely N-dealkylation sites (N-methyl/N-ethyl adjacent to an activating group) is 1. The average Bonchev–Trinajstić information content (AvgIpc) is 3.01. The molecule has 0 aromatic rings. The number of halogens is 1. The summed E-state index contributed by atoms with van der Waals surface area (Å²) in [4.78, 5) is 20.4. The third-order valence-electron chi connectivity index (χ3n) is 4.75. The van der Waals surface area contributed by atoms with E-state index in [-0.39, 0.29) is 36.1 Å². The molecule has 0 saturated carbocycles. The van der Waals surface area contributed by atoms with Crippen LogP contribution in [0.4, 0.5) is 4.79 Å². The van der Waals surface area contributed by atoms with Gasteiger partial charge in [0.1, 0.15) is 0 Å². The lowest BCUT2D eigenvalue weighted by molar-refractivity contribution is 0.0963. The topological polar surface area (TPSA) is 83.2 Å². The number of likely N-dealkylation sites (tertiary alicyclic amines) is 2. The molecule has 3 N–H and O–H groups in total. The van der Waals surface area contributed by atoms with Crippen molar-refractivity contribution in [3.8, 4) is 0 Å². The predicted octanol–water partition coefficient (Wildman–Crippen LogP) is 1.61. The number of hydrogen-bond donors (Lipinski definition) is 2. The predicted molar refractivity (Wildman–Crippen MR) is 107 cm³/mol. The first kappa shape index (κ1) is 21.3. The van der Waals surface area contributed by atoms with Gasteiger partial charge < -0.3 is 20.7 Å². The second kappa shape index (κ2) is 11.0. The lowest BCUT2D eigenvalue weighted by Crippen LogP contribution is -2.48. The summed E-state index contributed by atoms with van der Waals surface area (Å²) in [6.07, 6.45) is 4.00. The highest BCUT2D eigenvalue weighted by atomic mass is 127. The third-order valence-corrected chi connectivity index (χ3v) is 4.75. The maximum Gasteiger partial charge on any atom is 0.409 e. The Labute approximate surface area is 162 Å². The lowest BCUT2D eigenvalue weighted by atomic mass is 10.1. The normalized spacial score (nSPS) is 23.0. The second-order valence-electron chi connectivity index (χ2n) is 6.26. The maximum atomic E-state index is 11.7. The van der Waals surface area contributed by atoms with Crippen LogP contribution >= 0.6 is 24.0 Å². The van der Waals surface area contributed by atoms with Crippen LogP contribution in [-0.4, -0.2) is 73.3 Å². The van der Waals surface area contributed by atoms with Crippen LogP contribution in [0.2, 0.25) is 0 Å². The minimum atomic E-state index is -0.214. The first-order valence-electron chi connectivity index (χ1n) is 8.86. The molecule has 0 aromatic heterocycles. The van der Waals surface area contributed by atoms with Crippen LogP contribution in [0.25, 0.3) is 0 Å². The Kier molecular flexibility index (Phi) is 9.72. The number of amides is 1. The lowest BCUT2D eigenvalue weighted by Gasteiger charge is -2.31. The highest BCUT2D eigenvalue weighted by molar-refractivity contribution is 14.0. The fourth-order valence-corrected chi connectivity index (χ4v) is 3.40. The second-order valence-corrected chi connectivity index (χ2v) is 6.26. The van der Waals surface area contributed by atoms with Crippen LogP contribution in [-0.2, 0) is 4.74 Å². The average molecular weight is 453 g/mol. The quantitative estimate of drug-likeness (QED) is 0.376. The summed E-state index contributed by atoms with van der Waals surface area (Å²) < 4.78 is 5.03. The summed E-state index contributed by atoms with van der Waals surface area (Å²) in [5.41, 5.74) is 6.03. The Morgan fingerprint density at radius 2 is 1.96 bits per heavy atom. The van der Waals surface area contributed by atoms with Crippen molar-refractivity contribution < 1.29 is 9.53 Å². The Hall–Kier alpha value is -0.770. The number of ether oxygens (including phenoxy) is 1. The molecule has 0 radical (unpaired) electrons. The van der Waals surface area contributed by atoms with Crippen LogP contribution in [0.5, 0.6) is 0 Å². The monoisotopic (exact) mass is 453 g/mol. The Morgan fingerprint density at radius 3 is 2.58 bits per heavy atom.